The van der Waals surface area contributed by atoms with E-state index in [1.54, 1.807) is 0 Å². The average Bonchev–Trinajstić information content (AvgIpc) is 3.31. The number of piperazine rings is 1. The van der Waals surface area contributed by atoms with Crippen LogP contribution in [0.3, 0.4) is 0 Å². The summed E-state index contributed by atoms with van der Waals surface area (Å²) >= 11 is 0. The van der Waals surface area contributed by atoms with E-state index in [1.807, 2.05) is 4.52 Å². The number of benzene rings is 2. The summed E-state index contributed by atoms with van der Waals surface area (Å²) in [6.45, 7) is 9.49. The first-order valence-corrected chi connectivity index (χ1v) is 12.3. The van der Waals surface area contributed by atoms with Crippen LogP contribution in [0.2, 0.25) is 0 Å². The maximum atomic E-state index is 4.71. The number of hydrogen-bond donors (Lipinski definition) is 0. The van der Waals surface area contributed by atoms with Gasteiger partial charge in [-0.1, -0.05) is 36.4 Å². The first-order chi connectivity index (χ1) is 16.7. The van der Waals surface area contributed by atoms with Gasteiger partial charge in [-0.15, -0.1) is 5.10 Å². The topological polar surface area (TPSA) is 49.6 Å². The fourth-order valence-corrected chi connectivity index (χ4v) is 5.28. The van der Waals surface area contributed by atoms with E-state index in [-0.39, 0.29) is 0 Å². The summed E-state index contributed by atoms with van der Waals surface area (Å²) in [7, 11) is 0. The normalized spacial score (nSPS) is 15.1. The highest BCUT2D eigenvalue weighted by Gasteiger charge is 2.19. The van der Waals surface area contributed by atoms with Crippen LogP contribution in [0.5, 0.6) is 0 Å². The van der Waals surface area contributed by atoms with Crippen LogP contribution in [0.25, 0.3) is 27.3 Å². The Hall–Kier alpha value is -3.51. The van der Waals surface area contributed by atoms with Crippen molar-refractivity contribution in [1.82, 2.24) is 24.7 Å². The second-order valence-corrected chi connectivity index (χ2v) is 9.25. The molecule has 0 bridgehead atoms. The molecule has 0 saturated carbocycles. The zero-order valence-corrected chi connectivity index (χ0v) is 19.9. The molecule has 1 fully saturated rings. The van der Waals surface area contributed by atoms with Crippen molar-refractivity contribution in [2.24, 2.45) is 0 Å². The summed E-state index contributed by atoms with van der Waals surface area (Å²) in [6, 6.07) is 21.8. The monoisotopic (exact) mass is 450 g/mol. The molecule has 2 aromatic carbocycles. The lowest BCUT2D eigenvalue weighted by Gasteiger charge is -2.36. The highest BCUT2D eigenvalue weighted by molar-refractivity contribution is 5.92. The van der Waals surface area contributed by atoms with Gasteiger partial charge in [0, 0.05) is 54.9 Å². The van der Waals surface area contributed by atoms with E-state index in [9.17, 15) is 0 Å². The lowest BCUT2D eigenvalue weighted by atomic mass is 10.0. The third-order valence-corrected chi connectivity index (χ3v) is 7.18. The average molecular weight is 451 g/mol. The number of nitrogens with zero attached hydrogens (tertiary/aromatic N) is 6. The van der Waals surface area contributed by atoms with Gasteiger partial charge in [0.05, 0.1) is 22.2 Å². The molecule has 4 heterocycles. The van der Waals surface area contributed by atoms with Crippen molar-refractivity contribution in [3.63, 3.8) is 0 Å². The summed E-state index contributed by atoms with van der Waals surface area (Å²) in [5.74, 6) is 0. The Morgan fingerprint density at radius 1 is 0.824 bits per heavy atom. The fourth-order valence-electron chi connectivity index (χ4n) is 5.28. The molecule has 0 spiro atoms. The molecule has 6 nitrogen and oxygen atoms in total. The van der Waals surface area contributed by atoms with Crippen molar-refractivity contribution in [3.05, 3.63) is 77.6 Å². The van der Waals surface area contributed by atoms with Crippen LogP contribution in [0.15, 0.2) is 60.7 Å². The van der Waals surface area contributed by atoms with Gasteiger partial charge in [-0.25, -0.2) is 4.52 Å². The van der Waals surface area contributed by atoms with Gasteiger partial charge in [0.1, 0.15) is 0 Å². The number of pyridine rings is 2. The third-order valence-electron chi connectivity index (χ3n) is 7.18. The summed E-state index contributed by atoms with van der Waals surface area (Å²) in [5.41, 5.74) is 8.16. The van der Waals surface area contributed by atoms with Crippen LogP contribution in [0.4, 0.5) is 5.69 Å². The second-order valence-electron chi connectivity index (χ2n) is 9.25. The Kier molecular flexibility index (Phi) is 5.38. The Balaban J connectivity index is 1.16. The van der Waals surface area contributed by atoms with Crippen LogP contribution in [0.1, 0.15) is 23.9 Å². The van der Waals surface area contributed by atoms with Gasteiger partial charge in [0.15, 0.2) is 0 Å². The fraction of sp³-hybridized carbons (Fsp3) is 0.321. The predicted octanol–water partition coefficient (Wildman–Crippen LogP) is 4.67. The molecule has 6 heteroatoms. The maximum Gasteiger partial charge on any atom is 0.0904 e. The van der Waals surface area contributed by atoms with E-state index < -0.39 is 0 Å². The van der Waals surface area contributed by atoms with E-state index >= 15 is 0 Å². The van der Waals surface area contributed by atoms with Gasteiger partial charge < -0.3 is 4.90 Å². The number of aromatic nitrogens is 4. The van der Waals surface area contributed by atoms with Gasteiger partial charge in [-0.2, -0.15) is 0 Å². The minimum absolute atomic E-state index is 0.898. The molecule has 0 atom stereocenters. The Labute approximate surface area is 199 Å². The van der Waals surface area contributed by atoms with Crippen LogP contribution < -0.4 is 4.90 Å². The molecular weight excluding hydrogens is 420 g/mol. The van der Waals surface area contributed by atoms with Crippen molar-refractivity contribution >= 4 is 33.0 Å². The number of hydrogen-bond acceptors (Lipinski definition) is 5. The molecule has 0 aliphatic carbocycles. The number of anilines is 1. The molecule has 0 N–H and O–H groups in total. The smallest absolute Gasteiger partial charge is 0.0904 e. The molecule has 6 rings (SSSR count). The Bertz CT molecular complexity index is 1480. The van der Waals surface area contributed by atoms with Crippen molar-refractivity contribution in [1.29, 1.82) is 0 Å². The number of fused-ring (bicyclic) bond motifs is 4. The molecule has 5 aromatic rings. The maximum absolute atomic E-state index is 4.71. The van der Waals surface area contributed by atoms with Crippen LogP contribution >= 0.6 is 0 Å². The minimum Gasteiger partial charge on any atom is -0.368 e. The van der Waals surface area contributed by atoms with Gasteiger partial charge in [-0.05, 0) is 61.7 Å². The second kappa shape index (κ2) is 8.69. The molecule has 172 valence electrons. The molecule has 1 saturated heterocycles. The van der Waals surface area contributed by atoms with Crippen molar-refractivity contribution < 1.29 is 0 Å². The van der Waals surface area contributed by atoms with Crippen LogP contribution in [-0.4, -0.2) is 57.4 Å². The molecule has 0 radical (unpaired) electrons. The lowest BCUT2D eigenvalue weighted by molar-refractivity contribution is 0.261. The van der Waals surface area contributed by atoms with Crippen LogP contribution in [-0.2, 0) is 12.8 Å². The highest BCUT2D eigenvalue weighted by Crippen LogP contribution is 2.27. The summed E-state index contributed by atoms with van der Waals surface area (Å²) < 4.78 is 2.00. The zero-order valence-electron chi connectivity index (χ0n) is 19.9. The molecule has 0 unspecified atom stereocenters. The first kappa shape index (κ1) is 21.1. The number of rotatable bonds is 5. The van der Waals surface area contributed by atoms with Gasteiger partial charge in [0.25, 0.3) is 0 Å². The highest BCUT2D eigenvalue weighted by atomic mass is 15.4. The summed E-state index contributed by atoms with van der Waals surface area (Å²) in [6.07, 6.45) is 1.94. The van der Waals surface area contributed by atoms with E-state index in [1.165, 1.54) is 22.0 Å². The quantitative estimate of drug-likeness (QED) is 0.390. The summed E-state index contributed by atoms with van der Waals surface area (Å²) in [5, 5.41) is 11.3. The van der Waals surface area contributed by atoms with Crippen LogP contribution in [0, 0.1) is 6.92 Å². The standard InChI is InChI=1S/C28H30N6/c1-3-24-28-13-12-22-21(6-4-9-27(22)34(28)31-30-24)14-15-32-16-18-33(19-17-32)26-8-5-7-25-23(26)11-10-20(2)29-25/h4-13H,3,14-19H2,1-2H3. The third kappa shape index (κ3) is 3.68. The van der Waals surface area contributed by atoms with Gasteiger partial charge >= 0.3 is 0 Å². The minimum atomic E-state index is 0.898. The molecule has 1 aliphatic heterocycles. The lowest BCUT2D eigenvalue weighted by Crippen LogP contribution is -2.47. The Morgan fingerprint density at radius 3 is 2.50 bits per heavy atom. The largest absolute Gasteiger partial charge is 0.368 e. The first-order valence-electron chi connectivity index (χ1n) is 12.3. The van der Waals surface area contributed by atoms with E-state index in [4.69, 9.17) is 4.98 Å². The van der Waals surface area contributed by atoms with E-state index in [2.05, 4.69) is 94.6 Å². The van der Waals surface area contributed by atoms with Gasteiger partial charge in [0.2, 0.25) is 0 Å². The van der Waals surface area contributed by atoms with Crippen molar-refractivity contribution in [2.75, 3.05) is 37.6 Å². The SMILES string of the molecule is CCc1nnn2c1ccc1c(CCN3CCN(c4cccc5nc(C)ccc45)CC3)cccc12. The number of aryl methyl sites for hydroxylation is 2. The van der Waals surface area contributed by atoms with E-state index in [0.29, 0.717) is 0 Å². The molecule has 34 heavy (non-hydrogen) atoms. The molecule has 3 aromatic heterocycles. The zero-order chi connectivity index (χ0) is 23.1. The van der Waals surface area contributed by atoms with Crippen molar-refractivity contribution in [3.8, 4) is 0 Å². The molecular formula is C28H30N6. The van der Waals surface area contributed by atoms with Gasteiger partial charge in [-0.3, -0.25) is 9.88 Å². The van der Waals surface area contributed by atoms with Crippen molar-refractivity contribution in [2.45, 2.75) is 26.7 Å². The molecule has 1 aliphatic rings. The Morgan fingerprint density at radius 2 is 1.65 bits per heavy atom. The molecule has 0 amide bonds. The van der Waals surface area contributed by atoms with E-state index in [0.717, 1.165) is 73.5 Å². The summed E-state index contributed by atoms with van der Waals surface area (Å²) in [4.78, 5) is 9.82. The predicted molar refractivity (Wildman–Crippen MR) is 139 cm³/mol.